The lowest BCUT2D eigenvalue weighted by Gasteiger charge is -1.96. The number of esters is 1. The Labute approximate surface area is 78.8 Å². The largest absolute Gasteiger partial charge is 0.464 e. The molecule has 0 unspecified atom stereocenters. The van der Waals surface area contributed by atoms with Crippen molar-refractivity contribution in [3.05, 3.63) is 22.6 Å². The normalized spacial score (nSPS) is 17.0. The van der Waals surface area contributed by atoms with E-state index in [1.165, 1.54) is 0 Å². The van der Waals surface area contributed by atoms with Gasteiger partial charge in [0, 0.05) is 0 Å². The molecule has 4 nitrogen and oxygen atoms in total. The summed E-state index contributed by atoms with van der Waals surface area (Å²) in [5.41, 5.74) is -0.556. The first-order chi connectivity index (χ1) is 7.20. The van der Waals surface area contributed by atoms with Gasteiger partial charge in [0.25, 0.3) is 0 Å². The number of halogens is 1. The summed E-state index contributed by atoms with van der Waals surface area (Å²) in [5, 5.41) is 0. The van der Waals surface area contributed by atoms with Crippen LogP contribution in [-0.2, 0) is 4.74 Å². The zero-order valence-electron chi connectivity index (χ0n) is 10.1. The molecule has 5 heteroatoms. The van der Waals surface area contributed by atoms with E-state index in [0.29, 0.717) is 0 Å². The van der Waals surface area contributed by atoms with E-state index >= 15 is 0 Å². The van der Waals surface area contributed by atoms with Crippen molar-refractivity contribution in [2.75, 3.05) is 7.04 Å². The van der Waals surface area contributed by atoms with E-state index in [1.807, 2.05) is 0 Å². The molecular weight excluding hydrogens is 212 g/mol. The predicted molar refractivity (Wildman–Crippen MR) is 41.1 cm³/mol. The quantitative estimate of drug-likeness (QED) is 0.665. The molecule has 0 aliphatic carbocycles. The van der Waals surface area contributed by atoms with Crippen LogP contribution in [-0.4, -0.2) is 23.0 Å². The Balaban J connectivity index is 3.05. The van der Waals surface area contributed by atoms with Crippen molar-refractivity contribution in [3.63, 3.8) is 0 Å². The van der Waals surface area contributed by atoms with Crippen molar-refractivity contribution < 1.29 is 16.4 Å². The van der Waals surface area contributed by atoms with E-state index < -0.39 is 24.9 Å². The second-order valence-electron chi connectivity index (χ2n) is 1.48. The molecule has 0 spiro atoms. The number of nitrogens with zero attached hydrogens (tertiary/aromatic N) is 2. The fraction of sp³-hybridized carbons (Fsp3) is 0.167. The molecule has 1 heterocycles. The van der Waals surface area contributed by atoms with Gasteiger partial charge in [-0.1, -0.05) is 0 Å². The lowest BCUT2D eigenvalue weighted by Crippen LogP contribution is -2.04. The Hall–Kier alpha value is -0.970. The highest BCUT2D eigenvalue weighted by molar-refractivity contribution is 9.10. The second kappa shape index (κ2) is 3.43. The third kappa shape index (κ3) is 1.98. The first-order valence-corrected chi connectivity index (χ1v) is 3.24. The Bertz CT molecular complexity index is 436. The van der Waals surface area contributed by atoms with E-state index in [-0.39, 0.29) is 10.8 Å². The molecule has 0 bridgehead atoms. The van der Waals surface area contributed by atoms with Crippen molar-refractivity contribution in [1.29, 1.82) is 0 Å². The maximum Gasteiger partial charge on any atom is 0.358 e. The third-order valence-corrected chi connectivity index (χ3v) is 1.16. The minimum atomic E-state index is -2.91. The monoisotopic (exact) mass is 221 g/mol. The Morgan fingerprint density at radius 1 is 1.91 bits per heavy atom. The number of carbonyl (C=O) groups excluding carboxylic acids is 1. The number of methoxy groups -OCH3 is 1. The lowest BCUT2D eigenvalue weighted by molar-refractivity contribution is 0.0593. The second-order valence-corrected chi connectivity index (χ2v) is 2.23. The minimum Gasteiger partial charge on any atom is -0.464 e. The van der Waals surface area contributed by atoms with Gasteiger partial charge in [-0.3, -0.25) is 4.98 Å². The summed E-state index contributed by atoms with van der Waals surface area (Å²) in [6.45, 7) is 0. The minimum absolute atomic E-state index is 0.0685. The van der Waals surface area contributed by atoms with Gasteiger partial charge in [0.05, 0.1) is 26.2 Å². The number of aromatic nitrogens is 2. The van der Waals surface area contributed by atoms with Crippen LogP contribution in [0.1, 0.15) is 17.3 Å². The van der Waals surface area contributed by atoms with Crippen LogP contribution in [0.5, 0.6) is 0 Å². The van der Waals surface area contributed by atoms with Gasteiger partial charge in [-0.25, -0.2) is 9.78 Å². The standard InChI is InChI=1S/C6H5BrN2O2/c1-11-6(10)4-2-8-3-5(7)9-4/h2-3H,1H3/i1D3,2D,3D. The highest BCUT2D eigenvalue weighted by atomic mass is 79.9. The molecule has 11 heavy (non-hydrogen) atoms. The first kappa shape index (κ1) is 3.62. The van der Waals surface area contributed by atoms with Gasteiger partial charge >= 0.3 is 5.97 Å². The van der Waals surface area contributed by atoms with Gasteiger partial charge in [0.2, 0.25) is 0 Å². The van der Waals surface area contributed by atoms with E-state index in [9.17, 15) is 4.79 Å². The van der Waals surface area contributed by atoms with Crippen LogP contribution in [0, 0.1) is 0 Å². The number of ether oxygens (including phenoxy) is 1. The number of rotatable bonds is 1. The summed E-state index contributed by atoms with van der Waals surface area (Å²) >= 11 is 2.84. The van der Waals surface area contributed by atoms with Crippen LogP contribution in [0.2, 0.25) is 0 Å². The fourth-order valence-corrected chi connectivity index (χ4v) is 0.681. The molecule has 0 atom stereocenters. The molecular formula is C6H5BrN2O2. The van der Waals surface area contributed by atoms with Gasteiger partial charge in [-0.05, 0) is 15.9 Å². The molecule has 1 aromatic rings. The average molecular weight is 222 g/mol. The van der Waals surface area contributed by atoms with Crippen molar-refractivity contribution in [2.24, 2.45) is 0 Å². The zero-order chi connectivity index (χ0) is 12.5. The van der Waals surface area contributed by atoms with Crippen LogP contribution < -0.4 is 0 Å². The van der Waals surface area contributed by atoms with Crippen molar-refractivity contribution in [1.82, 2.24) is 9.97 Å². The molecule has 0 saturated carbocycles. The fourth-order valence-electron chi connectivity index (χ4n) is 0.415. The third-order valence-electron chi connectivity index (χ3n) is 0.806. The number of hydrogen-bond donors (Lipinski definition) is 0. The Morgan fingerprint density at radius 2 is 2.73 bits per heavy atom. The molecule has 1 aromatic heterocycles. The van der Waals surface area contributed by atoms with Crippen LogP contribution >= 0.6 is 15.9 Å². The van der Waals surface area contributed by atoms with E-state index in [2.05, 4.69) is 30.6 Å². The SMILES string of the molecule is [2H]c1nc([2H])c(C(=O)OC([2H])([2H])[2H])nc1Br. The molecule has 0 N–H and O–H groups in total. The van der Waals surface area contributed by atoms with E-state index in [1.54, 1.807) is 0 Å². The maximum absolute atomic E-state index is 11.3. The predicted octanol–water partition coefficient (Wildman–Crippen LogP) is 1.03. The number of carbonyl (C=O) groups is 1. The molecule has 58 valence electrons. The van der Waals surface area contributed by atoms with Crippen LogP contribution in [0.3, 0.4) is 0 Å². The highest BCUT2D eigenvalue weighted by Crippen LogP contribution is 2.04. The zero-order valence-corrected chi connectivity index (χ0v) is 6.67. The first-order valence-electron chi connectivity index (χ1n) is 4.95. The van der Waals surface area contributed by atoms with Gasteiger partial charge < -0.3 is 4.74 Å². The topological polar surface area (TPSA) is 52.1 Å². The van der Waals surface area contributed by atoms with Crippen molar-refractivity contribution >= 4 is 21.9 Å². The molecule has 0 aliphatic rings. The molecule has 0 aromatic carbocycles. The van der Waals surface area contributed by atoms with Gasteiger partial charge in [-0.2, -0.15) is 0 Å². The number of hydrogen-bond acceptors (Lipinski definition) is 4. The van der Waals surface area contributed by atoms with Gasteiger partial charge in [0.1, 0.15) is 4.60 Å². The summed E-state index contributed by atoms with van der Waals surface area (Å²) in [5.74, 6) is -1.28. The Kier molecular flexibility index (Phi) is 1.13. The summed E-state index contributed by atoms with van der Waals surface area (Å²) in [6.07, 6.45) is -0.933. The summed E-state index contributed by atoms with van der Waals surface area (Å²) < 4.78 is 38.5. The summed E-state index contributed by atoms with van der Waals surface area (Å²) in [4.78, 5) is 18.1. The van der Waals surface area contributed by atoms with Gasteiger partial charge in [-0.15, -0.1) is 0 Å². The van der Waals surface area contributed by atoms with Crippen molar-refractivity contribution in [3.8, 4) is 0 Å². The molecule has 1 rings (SSSR count). The van der Waals surface area contributed by atoms with Gasteiger partial charge in [0.15, 0.2) is 5.69 Å². The van der Waals surface area contributed by atoms with Crippen LogP contribution in [0.4, 0.5) is 0 Å². The molecule has 0 radical (unpaired) electrons. The lowest BCUT2D eigenvalue weighted by atomic mass is 10.5. The average Bonchev–Trinajstić information content (AvgIpc) is 2.08. The summed E-state index contributed by atoms with van der Waals surface area (Å²) in [7, 11) is -2.91. The smallest absolute Gasteiger partial charge is 0.358 e. The molecule has 0 amide bonds. The summed E-state index contributed by atoms with van der Waals surface area (Å²) in [6, 6.07) is 0. The molecule has 0 saturated heterocycles. The molecule has 0 fully saturated rings. The Morgan fingerprint density at radius 3 is 3.45 bits per heavy atom. The van der Waals surface area contributed by atoms with E-state index in [0.717, 1.165) is 0 Å². The van der Waals surface area contributed by atoms with Crippen LogP contribution in [0.15, 0.2) is 16.9 Å². The van der Waals surface area contributed by atoms with Crippen molar-refractivity contribution in [2.45, 2.75) is 0 Å². The molecule has 0 aliphatic heterocycles. The highest BCUT2D eigenvalue weighted by Gasteiger charge is 2.06. The maximum atomic E-state index is 11.3. The van der Waals surface area contributed by atoms with E-state index in [4.69, 9.17) is 6.85 Å². The van der Waals surface area contributed by atoms with Crippen LogP contribution in [0.25, 0.3) is 0 Å².